The van der Waals surface area contributed by atoms with E-state index in [9.17, 15) is 4.79 Å². The molecule has 0 bridgehead atoms. The second-order valence-electron chi connectivity index (χ2n) is 8.81. The summed E-state index contributed by atoms with van der Waals surface area (Å²) in [5.41, 5.74) is 0.773. The molecule has 1 aliphatic carbocycles. The monoisotopic (exact) mass is 374 g/mol. The Labute approximate surface area is 163 Å². The fraction of sp³-hybridized carbons (Fsp3) is 0.682. The van der Waals surface area contributed by atoms with Crippen molar-refractivity contribution in [3.05, 3.63) is 35.9 Å². The molecule has 2 aliphatic rings. The van der Waals surface area contributed by atoms with Gasteiger partial charge >= 0.3 is 6.09 Å². The van der Waals surface area contributed by atoms with Crippen LogP contribution in [0.4, 0.5) is 4.79 Å². The number of benzene rings is 1. The molecule has 0 aromatic heterocycles. The van der Waals surface area contributed by atoms with Crippen molar-refractivity contribution in [1.82, 2.24) is 10.2 Å². The van der Waals surface area contributed by atoms with Crippen LogP contribution in [0.15, 0.2) is 30.3 Å². The van der Waals surface area contributed by atoms with Gasteiger partial charge in [0, 0.05) is 25.2 Å². The predicted molar refractivity (Wildman–Crippen MR) is 107 cm³/mol. The average molecular weight is 375 g/mol. The number of likely N-dealkylation sites (tertiary alicyclic amines) is 1. The first-order chi connectivity index (χ1) is 12.9. The molecule has 150 valence electrons. The average Bonchev–Trinajstić information content (AvgIpc) is 3.07. The van der Waals surface area contributed by atoms with Gasteiger partial charge in [-0.15, -0.1) is 0 Å². The van der Waals surface area contributed by atoms with Crippen LogP contribution in [0.25, 0.3) is 0 Å². The maximum atomic E-state index is 12.0. The second kappa shape index (κ2) is 9.07. The van der Waals surface area contributed by atoms with Crippen LogP contribution in [0.1, 0.15) is 58.4 Å². The van der Waals surface area contributed by atoms with Crippen molar-refractivity contribution in [3.8, 4) is 0 Å². The van der Waals surface area contributed by atoms with Crippen LogP contribution in [0.5, 0.6) is 0 Å². The number of nitrogens with zero attached hydrogens (tertiary/aromatic N) is 1. The van der Waals surface area contributed by atoms with Crippen molar-refractivity contribution < 1.29 is 14.3 Å². The zero-order chi connectivity index (χ0) is 19.3. The molecule has 3 rings (SSSR count). The number of ether oxygens (including phenoxy) is 2. The summed E-state index contributed by atoms with van der Waals surface area (Å²) >= 11 is 0. The lowest BCUT2D eigenvalue weighted by Crippen LogP contribution is -2.47. The van der Waals surface area contributed by atoms with Gasteiger partial charge in [-0.05, 0) is 45.6 Å². The molecular formula is C22H34N2O3. The van der Waals surface area contributed by atoms with Gasteiger partial charge < -0.3 is 14.8 Å². The Morgan fingerprint density at radius 2 is 1.89 bits per heavy atom. The summed E-state index contributed by atoms with van der Waals surface area (Å²) in [5.74, 6) is 0. The zero-order valence-electron chi connectivity index (χ0n) is 16.9. The summed E-state index contributed by atoms with van der Waals surface area (Å²) in [6, 6.07) is 11.0. The first-order valence-corrected chi connectivity index (χ1v) is 10.3. The third kappa shape index (κ3) is 6.22. The highest BCUT2D eigenvalue weighted by Crippen LogP contribution is 2.29. The minimum atomic E-state index is -0.456. The van der Waals surface area contributed by atoms with E-state index in [0.29, 0.717) is 12.6 Å². The third-order valence-electron chi connectivity index (χ3n) is 5.38. The number of alkyl carbamates (subject to hydrolysis) is 1. The number of rotatable bonds is 5. The minimum Gasteiger partial charge on any atom is -0.444 e. The molecule has 1 aromatic rings. The van der Waals surface area contributed by atoms with Gasteiger partial charge in [0.2, 0.25) is 0 Å². The van der Waals surface area contributed by atoms with E-state index in [1.807, 2.05) is 26.8 Å². The molecule has 1 aromatic carbocycles. The highest BCUT2D eigenvalue weighted by Gasteiger charge is 2.36. The van der Waals surface area contributed by atoms with E-state index >= 15 is 0 Å². The van der Waals surface area contributed by atoms with Gasteiger partial charge in [0.1, 0.15) is 5.60 Å². The number of amides is 1. The standard InChI is InChI=1S/C22H34N2O3/c1-22(2,3)27-21(25)23-18-13-14-24(15-18)19-11-7-8-12-20(19)26-16-17-9-5-4-6-10-17/h4-6,9-10,18-20H,7-8,11-16H2,1-3H3,(H,23,25)/t18-,19+,20?/m1/s1. The number of carbonyl (C=O) groups is 1. The van der Waals surface area contributed by atoms with E-state index < -0.39 is 5.60 Å². The van der Waals surface area contributed by atoms with Gasteiger partial charge in [-0.2, -0.15) is 0 Å². The van der Waals surface area contributed by atoms with E-state index in [4.69, 9.17) is 9.47 Å². The van der Waals surface area contributed by atoms with Gasteiger partial charge in [0.15, 0.2) is 0 Å². The van der Waals surface area contributed by atoms with Crippen molar-refractivity contribution in [3.63, 3.8) is 0 Å². The molecular weight excluding hydrogens is 340 g/mol. The number of hydrogen-bond donors (Lipinski definition) is 1. The second-order valence-corrected chi connectivity index (χ2v) is 8.81. The lowest BCUT2D eigenvalue weighted by Gasteiger charge is -2.38. The number of hydrogen-bond acceptors (Lipinski definition) is 4. The molecule has 1 N–H and O–H groups in total. The molecule has 0 radical (unpaired) electrons. The van der Waals surface area contributed by atoms with E-state index in [2.05, 4.69) is 34.5 Å². The van der Waals surface area contributed by atoms with Gasteiger partial charge in [0.25, 0.3) is 0 Å². The van der Waals surface area contributed by atoms with E-state index in [0.717, 1.165) is 25.9 Å². The Balaban J connectivity index is 1.50. The zero-order valence-corrected chi connectivity index (χ0v) is 16.9. The lowest BCUT2D eigenvalue weighted by atomic mass is 9.91. The molecule has 1 saturated heterocycles. The van der Waals surface area contributed by atoms with Crippen LogP contribution >= 0.6 is 0 Å². The van der Waals surface area contributed by atoms with Crippen LogP contribution in [0.3, 0.4) is 0 Å². The number of nitrogens with one attached hydrogen (secondary N) is 1. The maximum absolute atomic E-state index is 12.0. The Kier molecular flexibility index (Phi) is 6.77. The topological polar surface area (TPSA) is 50.8 Å². The van der Waals surface area contributed by atoms with Crippen molar-refractivity contribution in [2.75, 3.05) is 13.1 Å². The summed E-state index contributed by atoms with van der Waals surface area (Å²) in [7, 11) is 0. The molecule has 1 unspecified atom stereocenters. The molecule has 3 atom stereocenters. The molecule has 5 nitrogen and oxygen atoms in total. The molecule has 0 spiro atoms. The quantitative estimate of drug-likeness (QED) is 0.842. The smallest absolute Gasteiger partial charge is 0.407 e. The van der Waals surface area contributed by atoms with Crippen LogP contribution in [-0.2, 0) is 16.1 Å². The van der Waals surface area contributed by atoms with E-state index in [-0.39, 0.29) is 18.2 Å². The number of carbonyl (C=O) groups excluding carboxylic acids is 1. The maximum Gasteiger partial charge on any atom is 0.407 e. The van der Waals surface area contributed by atoms with Crippen molar-refractivity contribution in [1.29, 1.82) is 0 Å². The van der Waals surface area contributed by atoms with Crippen LogP contribution in [0.2, 0.25) is 0 Å². The molecule has 1 heterocycles. The molecule has 1 aliphatic heterocycles. The molecule has 27 heavy (non-hydrogen) atoms. The van der Waals surface area contributed by atoms with Crippen LogP contribution in [-0.4, -0.2) is 47.9 Å². The predicted octanol–water partition coefficient (Wildman–Crippen LogP) is 4.11. The van der Waals surface area contributed by atoms with Crippen molar-refractivity contribution in [2.45, 2.75) is 83.3 Å². The molecule has 5 heteroatoms. The largest absolute Gasteiger partial charge is 0.444 e. The Morgan fingerprint density at radius 3 is 2.63 bits per heavy atom. The van der Waals surface area contributed by atoms with Gasteiger partial charge in [-0.3, -0.25) is 4.90 Å². The van der Waals surface area contributed by atoms with Gasteiger partial charge in [0.05, 0.1) is 12.7 Å². The summed E-state index contributed by atoms with van der Waals surface area (Å²) in [4.78, 5) is 14.6. The summed E-state index contributed by atoms with van der Waals surface area (Å²) in [5, 5.41) is 3.03. The minimum absolute atomic E-state index is 0.163. The molecule has 1 amide bonds. The van der Waals surface area contributed by atoms with Crippen molar-refractivity contribution in [2.24, 2.45) is 0 Å². The van der Waals surface area contributed by atoms with Crippen LogP contribution in [0, 0.1) is 0 Å². The summed E-state index contributed by atoms with van der Waals surface area (Å²) in [6.45, 7) is 8.25. The van der Waals surface area contributed by atoms with Crippen molar-refractivity contribution >= 4 is 6.09 Å². The lowest BCUT2D eigenvalue weighted by molar-refractivity contribution is -0.0394. The SMILES string of the molecule is CC(C)(C)OC(=O)N[C@@H]1CCN([C@H]2CCCCC2OCc2ccccc2)C1. The molecule has 2 fully saturated rings. The van der Waals surface area contributed by atoms with Gasteiger partial charge in [-0.25, -0.2) is 4.79 Å². The Bertz CT molecular complexity index is 599. The fourth-order valence-corrected chi connectivity index (χ4v) is 4.15. The molecule has 1 saturated carbocycles. The first-order valence-electron chi connectivity index (χ1n) is 10.3. The first kappa shape index (κ1) is 20.2. The fourth-order valence-electron chi connectivity index (χ4n) is 4.15. The highest BCUT2D eigenvalue weighted by molar-refractivity contribution is 5.68. The highest BCUT2D eigenvalue weighted by atomic mass is 16.6. The third-order valence-corrected chi connectivity index (χ3v) is 5.38. The normalized spacial score (nSPS) is 26.7. The Hall–Kier alpha value is -1.59. The van der Waals surface area contributed by atoms with E-state index in [1.165, 1.54) is 24.8 Å². The summed E-state index contributed by atoms with van der Waals surface area (Å²) < 4.78 is 11.7. The summed E-state index contributed by atoms with van der Waals surface area (Å²) in [6.07, 6.45) is 5.74. The van der Waals surface area contributed by atoms with Gasteiger partial charge in [-0.1, -0.05) is 43.2 Å². The van der Waals surface area contributed by atoms with E-state index in [1.54, 1.807) is 0 Å². The van der Waals surface area contributed by atoms with Crippen LogP contribution < -0.4 is 5.32 Å². The Morgan fingerprint density at radius 1 is 1.15 bits per heavy atom.